The molecule has 1 aromatic carbocycles. The molecule has 1 fully saturated rings. The van der Waals surface area contributed by atoms with Crippen LogP contribution in [0.15, 0.2) is 52.5 Å². The van der Waals surface area contributed by atoms with Crippen molar-refractivity contribution in [2.24, 2.45) is 0 Å². The van der Waals surface area contributed by atoms with E-state index < -0.39 is 0 Å². The molecule has 120 valence electrons. The smallest absolute Gasteiger partial charge is 0.225 e. The van der Waals surface area contributed by atoms with Gasteiger partial charge in [-0.05, 0) is 48.8 Å². The third-order valence-electron chi connectivity index (χ3n) is 4.26. The molecule has 0 amide bonds. The molecule has 0 spiro atoms. The van der Waals surface area contributed by atoms with E-state index in [4.69, 9.17) is 0 Å². The van der Waals surface area contributed by atoms with E-state index in [1.807, 2.05) is 18.3 Å². The molecule has 1 heterocycles. The van der Waals surface area contributed by atoms with Crippen LogP contribution >= 0.6 is 11.8 Å². The molecule has 1 saturated carbocycles. The Kier molecular flexibility index (Phi) is 5.34. The van der Waals surface area contributed by atoms with Crippen molar-refractivity contribution in [3.05, 3.63) is 53.7 Å². The van der Waals surface area contributed by atoms with E-state index >= 15 is 0 Å². The fourth-order valence-electron chi connectivity index (χ4n) is 2.90. The van der Waals surface area contributed by atoms with Gasteiger partial charge >= 0.3 is 0 Å². The van der Waals surface area contributed by atoms with Crippen LogP contribution in [0.4, 0.5) is 0 Å². The van der Waals surface area contributed by atoms with Gasteiger partial charge in [0.15, 0.2) is 0 Å². The maximum absolute atomic E-state index is 10.4. The summed E-state index contributed by atoms with van der Waals surface area (Å²) in [6, 6.07) is 12.6. The zero-order chi connectivity index (χ0) is 16.1. The first-order valence-corrected chi connectivity index (χ1v) is 9.05. The summed E-state index contributed by atoms with van der Waals surface area (Å²) in [6.07, 6.45) is 9.45. The average Bonchev–Trinajstić information content (AvgIpc) is 2.59. The van der Waals surface area contributed by atoms with Crippen LogP contribution in [0.2, 0.25) is 0 Å². The van der Waals surface area contributed by atoms with Crippen molar-refractivity contribution < 1.29 is 9.95 Å². The maximum Gasteiger partial charge on any atom is 0.225 e. The third-order valence-corrected chi connectivity index (χ3v) is 5.30. The molecule has 0 atom stereocenters. The van der Waals surface area contributed by atoms with Gasteiger partial charge in [0.25, 0.3) is 0 Å². The lowest BCUT2D eigenvalue weighted by atomic mass is 9.96. The van der Waals surface area contributed by atoms with Crippen molar-refractivity contribution in [2.45, 2.75) is 55.0 Å². The van der Waals surface area contributed by atoms with E-state index in [1.165, 1.54) is 29.6 Å². The Labute approximate surface area is 142 Å². The molecule has 3 nitrogen and oxygen atoms in total. The first-order valence-electron chi connectivity index (χ1n) is 8.24. The fraction of sp³-hybridized carbons (Fsp3) is 0.368. The van der Waals surface area contributed by atoms with Gasteiger partial charge in [-0.25, -0.2) is 4.98 Å². The van der Waals surface area contributed by atoms with Gasteiger partial charge in [0, 0.05) is 23.9 Å². The Hall–Kier alpha value is -1.81. The lowest BCUT2D eigenvalue weighted by molar-refractivity contribution is -0.797. The summed E-state index contributed by atoms with van der Waals surface area (Å²) < 4.78 is 1.40. The standard InChI is InChI=1S/C19H23N2OS/c1-15-9-11-18(12-10-15)23-19-16(6-5-13-20-19)14-21(22)17-7-3-2-4-8-17/h5-6,9-14,17,22H,2-4,7-8H2,1H3/q+1. The van der Waals surface area contributed by atoms with Crippen molar-refractivity contribution in [1.29, 1.82) is 0 Å². The molecule has 2 aromatic rings. The number of aryl methyl sites for hydroxylation is 1. The monoisotopic (exact) mass is 327 g/mol. The van der Waals surface area contributed by atoms with Crippen LogP contribution in [0.3, 0.4) is 0 Å². The molecule has 0 bridgehead atoms. The van der Waals surface area contributed by atoms with Gasteiger partial charge in [-0.2, -0.15) is 0 Å². The fourth-order valence-corrected chi connectivity index (χ4v) is 3.75. The molecule has 0 saturated heterocycles. The SMILES string of the molecule is Cc1ccc(Sc2ncccc2C=[N+](O)C2CCCCC2)cc1. The Morgan fingerprint density at radius 1 is 1.13 bits per heavy atom. The number of hydroxylamine groups is 1. The minimum absolute atomic E-state index is 0.237. The molecular formula is C19H23N2OS+. The summed E-state index contributed by atoms with van der Waals surface area (Å²) in [5, 5.41) is 11.3. The summed E-state index contributed by atoms with van der Waals surface area (Å²) in [4.78, 5) is 5.65. The highest BCUT2D eigenvalue weighted by Crippen LogP contribution is 2.28. The van der Waals surface area contributed by atoms with Crippen LogP contribution in [-0.2, 0) is 0 Å². The highest BCUT2D eigenvalue weighted by Gasteiger charge is 2.24. The summed E-state index contributed by atoms with van der Waals surface area (Å²) >= 11 is 1.63. The Balaban J connectivity index is 1.81. The van der Waals surface area contributed by atoms with E-state index in [1.54, 1.807) is 18.0 Å². The number of nitrogens with zero attached hydrogens (tertiary/aromatic N) is 2. The van der Waals surface area contributed by atoms with Crippen LogP contribution in [-0.4, -0.2) is 27.2 Å². The largest absolute Gasteiger partial charge is 0.291 e. The number of benzene rings is 1. The van der Waals surface area contributed by atoms with Gasteiger partial charge in [0.2, 0.25) is 12.3 Å². The highest BCUT2D eigenvalue weighted by molar-refractivity contribution is 7.99. The van der Waals surface area contributed by atoms with E-state index in [9.17, 15) is 5.21 Å². The summed E-state index contributed by atoms with van der Waals surface area (Å²) in [5.41, 5.74) is 2.21. The minimum atomic E-state index is 0.237. The Bertz CT molecular complexity index is 676. The molecular weight excluding hydrogens is 304 g/mol. The molecule has 1 aromatic heterocycles. The van der Waals surface area contributed by atoms with Gasteiger partial charge in [-0.3, -0.25) is 5.21 Å². The molecule has 4 heteroatoms. The van der Waals surface area contributed by atoms with E-state index in [0.717, 1.165) is 28.3 Å². The van der Waals surface area contributed by atoms with Crippen LogP contribution in [0, 0.1) is 6.92 Å². The van der Waals surface area contributed by atoms with Crippen LogP contribution < -0.4 is 0 Å². The van der Waals surface area contributed by atoms with Crippen molar-refractivity contribution in [3.8, 4) is 0 Å². The predicted octanol–water partition coefficient (Wildman–Crippen LogP) is 4.69. The van der Waals surface area contributed by atoms with Gasteiger partial charge in [0.1, 0.15) is 5.03 Å². The molecule has 1 aliphatic rings. The van der Waals surface area contributed by atoms with Crippen molar-refractivity contribution in [1.82, 2.24) is 4.98 Å². The normalized spacial score (nSPS) is 16.5. The predicted molar refractivity (Wildman–Crippen MR) is 93.6 cm³/mol. The number of hydrogen-bond donors (Lipinski definition) is 1. The maximum atomic E-state index is 10.4. The number of aromatic nitrogens is 1. The van der Waals surface area contributed by atoms with Gasteiger partial charge < -0.3 is 0 Å². The molecule has 23 heavy (non-hydrogen) atoms. The molecule has 1 aliphatic carbocycles. The lowest BCUT2D eigenvalue weighted by Crippen LogP contribution is -2.27. The molecule has 0 radical (unpaired) electrons. The first kappa shape index (κ1) is 16.1. The summed E-state index contributed by atoms with van der Waals surface area (Å²) in [5.74, 6) is 0. The minimum Gasteiger partial charge on any atom is -0.291 e. The van der Waals surface area contributed by atoms with Crippen LogP contribution in [0.25, 0.3) is 0 Å². The molecule has 0 unspecified atom stereocenters. The number of hydrogen-bond acceptors (Lipinski definition) is 3. The van der Waals surface area contributed by atoms with E-state index in [0.29, 0.717) is 0 Å². The van der Waals surface area contributed by atoms with Crippen molar-refractivity contribution in [3.63, 3.8) is 0 Å². The second-order valence-corrected chi connectivity index (χ2v) is 7.18. The van der Waals surface area contributed by atoms with E-state index in [2.05, 4.69) is 36.2 Å². The number of pyridine rings is 1. The zero-order valence-corrected chi connectivity index (χ0v) is 14.3. The highest BCUT2D eigenvalue weighted by atomic mass is 32.2. The first-order chi connectivity index (χ1) is 11.2. The second kappa shape index (κ2) is 7.64. The van der Waals surface area contributed by atoms with Crippen molar-refractivity contribution in [2.75, 3.05) is 0 Å². The molecule has 0 aliphatic heterocycles. The lowest BCUT2D eigenvalue weighted by Gasteiger charge is -2.15. The Morgan fingerprint density at radius 2 is 1.87 bits per heavy atom. The average molecular weight is 327 g/mol. The number of rotatable bonds is 4. The zero-order valence-electron chi connectivity index (χ0n) is 13.5. The quantitative estimate of drug-likeness (QED) is 0.383. The third kappa shape index (κ3) is 4.35. The van der Waals surface area contributed by atoms with Gasteiger partial charge in [0.05, 0.1) is 5.56 Å². The van der Waals surface area contributed by atoms with Crippen LogP contribution in [0.5, 0.6) is 0 Å². The van der Waals surface area contributed by atoms with E-state index in [-0.39, 0.29) is 6.04 Å². The summed E-state index contributed by atoms with van der Waals surface area (Å²) in [6.45, 7) is 2.09. The topological polar surface area (TPSA) is 36.1 Å². The molecule has 1 N–H and O–H groups in total. The van der Waals surface area contributed by atoms with Crippen molar-refractivity contribution >= 4 is 18.0 Å². The second-order valence-electron chi connectivity index (χ2n) is 6.11. The van der Waals surface area contributed by atoms with Crippen LogP contribution in [0.1, 0.15) is 43.2 Å². The molecule has 3 rings (SSSR count). The van der Waals surface area contributed by atoms with Gasteiger partial charge in [-0.1, -0.05) is 35.9 Å². The Morgan fingerprint density at radius 3 is 2.61 bits per heavy atom. The summed E-state index contributed by atoms with van der Waals surface area (Å²) in [7, 11) is 0. The van der Waals surface area contributed by atoms with Gasteiger partial charge in [-0.15, -0.1) is 0 Å².